The van der Waals surface area contributed by atoms with Gasteiger partial charge in [0.2, 0.25) is 15.9 Å². The summed E-state index contributed by atoms with van der Waals surface area (Å²) in [6, 6.07) is 4.55. The number of nitro groups is 1. The smallest absolute Gasteiger partial charge is 0.270 e. The normalized spacial score (nSPS) is 24.6. The van der Waals surface area contributed by atoms with E-state index in [1.54, 1.807) is 4.90 Å². The lowest BCUT2D eigenvalue weighted by molar-refractivity contribution is -0.385. The van der Waals surface area contributed by atoms with Gasteiger partial charge in [-0.25, -0.2) is 8.42 Å². The molecule has 2 heterocycles. The molecule has 148 valence electrons. The minimum atomic E-state index is -3.85. The highest BCUT2D eigenvalue weighted by Crippen LogP contribution is 2.22. The molecule has 3 rings (SSSR count). The molecular formula is C16H22N4O6S. The molecule has 1 aromatic carbocycles. The molecule has 1 amide bonds. The Kier molecular flexibility index (Phi) is 5.75. The summed E-state index contributed by atoms with van der Waals surface area (Å²) in [5, 5.41) is 14.0. The van der Waals surface area contributed by atoms with E-state index in [9.17, 15) is 23.3 Å². The van der Waals surface area contributed by atoms with Crippen molar-refractivity contribution in [2.24, 2.45) is 0 Å². The summed E-state index contributed by atoms with van der Waals surface area (Å²) < 4.78 is 32.3. The second kappa shape index (κ2) is 7.89. The Balaban J connectivity index is 1.67. The van der Waals surface area contributed by atoms with E-state index in [0.717, 1.165) is 6.07 Å². The number of piperazine rings is 1. The summed E-state index contributed by atoms with van der Waals surface area (Å²) >= 11 is 0. The van der Waals surface area contributed by atoms with E-state index in [1.807, 2.05) is 6.92 Å². The van der Waals surface area contributed by atoms with Crippen LogP contribution in [-0.2, 0) is 19.6 Å². The number of rotatable bonds is 4. The highest BCUT2D eigenvalue weighted by atomic mass is 32.2. The first kappa shape index (κ1) is 19.7. The third-order valence-electron chi connectivity index (χ3n) is 4.80. The Hall–Kier alpha value is -2.08. The van der Waals surface area contributed by atoms with Crippen molar-refractivity contribution < 1.29 is 22.9 Å². The van der Waals surface area contributed by atoms with Crippen molar-refractivity contribution in [1.82, 2.24) is 14.5 Å². The Morgan fingerprint density at radius 2 is 2.00 bits per heavy atom. The van der Waals surface area contributed by atoms with Crippen molar-refractivity contribution in [3.63, 3.8) is 0 Å². The predicted molar refractivity (Wildman–Crippen MR) is 95.6 cm³/mol. The van der Waals surface area contributed by atoms with Gasteiger partial charge in [-0.15, -0.1) is 0 Å². The zero-order chi connectivity index (χ0) is 19.6. The van der Waals surface area contributed by atoms with Crippen LogP contribution >= 0.6 is 0 Å². The van der Waals surface area contributed by atoms with Gasteiger partial charge in [0.15, 0.2) is 0 Å². The van der Waals surface area contributed by atoms with Crippen LogP contribution in [0.25, 0.3) is 0 Å². The molecule has 0 unspecified atom stereocenters. The van der Waals surface area contributed by atoms with E-state index in [2.05, 4.69) is 5.32 Å². The zero-order valence-corrected chi connectivity index (χ0v) is 15.7. The van der Waals surface area contributed by atoms with Crippen LogP contribution < -0.4 is 5.32 Å². The lowest BCUT2D eigenvalue weighted by atomic mass is 10.1. The quantitative estimate of drug-likeness (QED) is 0.551. The molecule has 27 heavy (non-hydrogen) atoms. The van der Waals surface area contributed by atoms with Crippen LogP contribution in [0.5, 0.6) is 0 Å². The summed E-state index contributed by atoms with van der Waals surface area (Å²) in [6.45, 7) is 3.78. The van der Waals surface area contributed by atoms with Gasteiger partial charge < -0.3 is 15.0 Å². The summed E-state index contributed by atoms with van der Waals surface area (Å²) in [7, 11) is -3.85. The van der Waals surface area contributed by atoms with Crippen LogP contribution in [0, 0.1) is 10.1 Å². The number of benzene rings is 1. The van der Waals surface area contributed by atoms with Crippen LogP contribution in [0.1, 0.15) is 6.92 Å². The molecule has 0 aromatic heterocycles. The largest absolute Gasteiger partial charge is 0.375 e. The number of nitro benzene ring substituents is 1. The third kappa shape index (κ3) is 4.10. The van der Waals surface area contributed by atoms with Crippen molar-refractivity contribution in [1.29, 1.82) is 0 Å². The fraction of sp³-hybridized carbons (Fsp3) is 0.562. The molecular weight excluding hydrogens is 376 g/mol. The first-order valence-corrected chi connectivity index (χ1v) is 10.1. The van der Waals surface area contributed by atoms with E-state index < -0.39 is 21.0 Å². The van der Waals surface area contributed by atoms with E-state index in [0.29, 0.717) is 13.2 Å². The number of ether oxygens (including phenoxy) is 1. The molecule has 1 aromatic rings. The topological polar surface area (TPSA) is 122 Å². The van der Waals surface area contributed by atoms with Gasteiger partial charge in [0, 0.05) is 44.9 Å². The molecule has 10 nitrogen and oxygen atoms in total. The number of morpholine rings is 1. The van der Waals surface area contributed by atoms with Crippen LogP contribution in [-0.4, -0.2) is 79.9 Å². The van der Waals surface area contributed by atoms with Crippen molar-refractivity contribution in [2.75, 3.05) is 39.3 Å². The number of hydrogen-bond acceptors (Lipinski definition) is 7. The predicted octanol–water partition coefficient (Wildman–Crippen LogP) is -0.195. The zero-order valence-electron chi connectivity index (χ0n) is 14.9. The minimum Gasteiger partial charge on any atom is -0.375 e. The molecule has 2 fully saturated rings. The molecule has 0 saturated carbocycles. The van der Waals surface area contributed by atoms with Crippen molar-refractivity contribution in [3.8, 4) is 0 Å². The molecule has 2 aliphatic heterocycles. The Labute approximate surface area is 157 Å². The lowest BCUT2D eigenvalue weighted by Crippen LogP contribution is -2.60. The summed E-state index contributed by atoms with van der Waals surface area (Å²) in [5.74, 6) is -0.102. The van der Waals surface area contributed by atoms with E-state index >= 15 is 0 Å². The number of amides is 1. The second-order valence-electron chi connectivity index (χ2n) is 6.49. The van der Waals surface area contributed by atoms with Gasteiger partial charge in [0.1, 0.15) is 6.04 Å². The molecule has 1 N–H and O–H groups in total. The van der Waals surface area contributed by atoms with E-state index in [4.69, 9.17) is 4.74 Å². The standard InChI is InChI=1S/C16H22N4O6S/c1-12-15(17-5-10-26-12)16(21)18-6-8-19(9-7-18)27(24,25)14-4-2-3-13(11-14)20(22)23/h2-4,11-12,15,17H,5-10H2,1H3/t12-,15+/m1/s1. The third-order valence-corrected chi connectivity index (χ3v) is 6.69. The fourth-order valence-corrected chi connectivity index (χ4v) is 4.72. The van der Waals surface area contributed by atoms with Gasteiger partial charge in [-0.05, 0) is 13.0 Å². The van der Waals surface area contributed by atoms with Gasteiger partial charge in [-0.3, -0.25) is 14.9 Å². The molecule has 2 atom stereocenters. The maximum atomic E-state index is 12.8. The van der Waals surface area contributed by atoms with Crippen molar-refractivity contribution >= 4 is 21.6 Å². The average Bonchev–Trinajstić information content (AvgIpc) is 2.68. The molecule has 0 bridgehead atoms. The number of sulfonamides is 1. The van der Waals surface area contributed by atoms with Crippen LogP contribution in [0.4, 0.5) is 5.69 Å². The highest BCUT2D eigenvalue weighted by Gasteiger charge is 2.36. The highest BCUT2D eigenvalue weighted by molar-refractivity contribution is 7.89. The summed E-state index contributed by atoms with van der Waals surface area (Å²) in [4.78, 5) is 24.4. The molecule has 0 spiro atoms. The molecule has 2 aliphatic rings. The number of non-ortho nitro benzene ring substituents is 1. The van der Waals surface area contributed by atoms with Crippen molar-refractivity contribution in [3.05, 3.63) is 34.4 Å². The summed E-state index contributed by atoms with van der Waals surface area (Å²) in [5.41, 5.74) is -0.276. The SMILES string of the molecule is C[C@H]1OCCN[C@@H]1C(=O)N1CCN(S(=O)(=O)c2cccc([N+](=O)[O-])c2)CC1. The molecule has 2 saturated heterocycles. The first-order valence-electron chi connectivity index (χ1n) is 8.69. The van der Waals surface area contributed by atoms with Gasteiger partial charge in [0.05, 0.1) is 22.5 Å². The van der Waals surface area contributed by atoms with Gasteiger partial charge in [-0.2, -0.15) is 4.31 Å². The number of nitrogens with zero attached hydrogens (tertiary/aromatic N) is 3. The van der Waals surface area contributed by atoms with E-state index in [1.165, 1.54) is 22.5 Å². The second-order valence-corrected chi connectivity index (χ2v) is 8.43. The maximum Gasteiger partial charge on any atom is 0.270 e. The number of carbonyl (C=O) groups excluding carboxylic acids is 1. The van der Waals surface area contributed by atoms with Crippen LogP contribution in [0.15, 0.2) is 29.2 Å². The number of carbonyl (C=O) groups is 1. The Morgan fingerprint density at radius 1 is 1.30 bits per heavy atom. The molecule has 11 heteroatoms. The number of hydrogen-bond donors (Lipinski definition) is 1. The molecule has 0 aliphatic carbocycles. The van der Waals surface area contributed by atoms with Crippen LogP contribution in [0.2, 0.25) is 0 Å². The molecule has 0 radical (unpaired) electrons. The number of nitrogens with one attached hydrogen (secondary N) is 1. The Bertz CT molecular complexity index is 822. The Morgan fingerprint density at radius 3 is 2.63 bits per heavy atom. The van der Waals surface area contributed by atoms with Gasteiger partial charge in [0.25, 0.3) is 5.69 Å². The van der Waals surface area contributed by atoms with Gasteiger partial charge >= 0.3 is 0 Å². The van der Waals surface area contributed by atoms with Crippen molar-refractivity contribution in [2.45, 2.75) is 24.0 Å². The average molecular weight is 398 g/mol. The fourth-order valence-electron chi connectivity index (χ4n) is 3.26. The van der Waals surface area contributed by atoms with Gasteiger partial charge in [-0.1, -0.05) is 6.07 Å². The monoisotopic (exact) mass is 398 g/mol. The van der Waals surface area contributed by atoms with Crippen LogP contribution in [0.3, 0.4) is 0 Å². The lowest BCUT2D eigenvalue weighted by Gasteiger charge is -2.38. The minimum absolute atomic E-state index is 0.102. The van der Waals surface area contributed by atoms with E-state index in [-0.39, 0.29) is 48.8 Å². The first-order chi connectivity index (χ1) is 12.8. The maximum absolute atomic E-state index is 12.8. The summed E-state index contributed by atoms with van der Waals surface area (Å²) in [6.07, 6.45) is -0.238.